The zero-order chi connectivity index (χ0) is 20.4. The number of hydrogen-bond donors (Lipinski definition) is 1. The van der Waals surface area contributed by atoms with Gasteiger partial charge in [-0.15, -0.1) is 0 Å². The van der Waals surface area contributed by atoms with Gasteiger partial charge in [-0.25, -0.2) is 0 Å². The molecule has 1 fully saturated rings. The van der Waals surface area contributed by atoms with Crippen LogP contribution >= 0.6 is 0 Å². The minimum Gasteiger partial charge on any atom is -0.507 e. The van der Waals surface area contributed by atoms with Crippen LogP contribution in [0.4, 0.5) is 0 Å². The third-order valence-corrected chi connectivity index (χ3v) is 5.06. The summed E-state index contributed by atoms with van der Waals surface area (Å²) >= 11 is 0. The van der Waals surface area contributed by atoms with Crippen LogP contribution in [0.5, 0.6) is 11.5 Å². The number of likely N-dealkylation sites (N-methyl/N-ethyl adjacent to an activating group) is 1. The zero-order valence-electron chi connectivity index (χ0n) is 16.1. The van der Waals surface area contributed by atoms with Crippen LogP contribution in [-0.4, -0.2) is 60.6 Å². The van der Waals surface area contributed by atoms with Gasteiger partial charge in [-0.1, -0.05) is 30.3 Å². The molecular weight excluding hydrogens is 372 g/mol. The standard InChI is InChI=1S/C22H22N2O5/c1-23-7-9-24(10-8-23)21(27)14-28-16-11-17(25)22-18(26)13-19(29-20(22)12-16)15-5-3-2-4-6-15/h2-6,11-13,25H,7-10,14H2,1H3. The number of carbonyl (C=O) groups excluding carboxylic acids is 1. The number of phenolic OH excluding ortho intramolecular Hbond substituents is 1. The number of ether oxygens (including phenoxy) is 1. The largest absolute Gasteiger partial charge is 0.507 e. The van der Waals surface area contributed by atoms with Crippen molar-refractivity contribution in [2.75, 3.05) is 39.8 Å². The lowest BCUT2D eigenvalue weighted by Crippen LogP contribution is -2.48. The minimum absolute atomic E-state index is 0.0856. The normalized spacial score (nSPS) is 14.9. The molecule has 1 N–H and O–H groups in total. The second-order valence-corrected chi connectivity index (χ2v) is 7.13. The second kappa shape index (κ2) is 7.97. The van der Waals surface area contributed by atoms with Crippen LogP contribution in [-0.2, 0) is 4.79 Å². The van der Waals surface area contributed by atoms with Crippen molar-refractivity contribution in [1.29, 1.82) is 0 Å². The van der Waals surface area contributed by atoms with Crippen LogP contribution in [0.25, 0.3) is 22.3 Å². The number of hydrogen-bond acceptors (Lipinski definition) is 6. The van der Waals surface area contributed by atoms with Gasteiger partial charge in [0.05, 0.1) is 0 Å². The molecule has 1 aromatic heterocycles. The number of amides is 1. The Balaban J connectivity index is 1.57. The molecular formula is C22H22N2O5. The Bertz CT molecular complexity index is 1090. The highest BCUT2D eigenvalue weighted by Crippen LogP contribution is 2.31. The number of fused-ring (bicyclic) bond motifs is 1. The third-order valence-electron chi connectivity index (χ3n) is 5.06. The van der Waals surface area contributed by atoms with Crippen LogP contribution in [0.3, 0.4) is 0 Å². The van der Waals surface area contributed by atoms with Gasteiger partial charge in [-0.2, -0.15) is 0 Å². The van der Waals surface area contributed by atoms with Gasteiger partial charge in [0.2, 0.25) is 0 Å². The molecule has 0 saturated carbocycles. The van der Waals surface area contributed by atoms with Gasteiger partial charge >= 0.3 is 0 Å². The highest BCUT2D eigenvalue weighted by atomic mass is 16.5. The van der Waals surface area contributed by atoms with Gasteiger partial charge in [-0.3, -0.25) is 9.59 Å². The molecule has 0 spiro atoms. The lowest BCUT2D eigenvalue weighted by Gasteiger charge is -2.32. The Labute approximate surface area is 167 Å². The first kappa shape index (κ1) is 19.0. The van der Waals surface area contributed by atoms with Crippen molar-refractivity contribution < 1.29 is 19.1 Å². The van der Waals surface area contributed by atoms with Gasteiger partial charge in [0, 0.05) is 49.9 Å². The minimum atomic E-state index is -0.345. The summed E-state index contributed by atoms with van der Waals surface area (Å²) in [7, 11) is 2.02. The summed E-state index contributed by atoms with van der Waals surface area (Å²) in [4.78, 5) is 28.8. The van der Waals surface area contributed by atoms with E-state index in [-0.39, 0.29) is 40.4 Å². The van der Waals surface area contributed by atoms with Gasteiger partial charge in [0.1, 0.15) is 28.2 Å². The van der Waals surface area contributed by atoms with Crippen molar-refractivity contribution in [3.8, 4) is 22.8 Å². The topological polar surface area (TPSA) is 83.2 Å². The molecule has 29 heavy (non-hydrogen) atoms. The lowest BCUT2D eigenvalue weighted by atomic mass is 10.1. The fraction of sp³-hybridized carbons (Fsp3) is 0.273. The summed E-state index contributed by atoms with van der Waals surface area (Å²) in [6.45, 7) is 2.84. The van der Waals surface area contributed by atoms with E-state index < -0.39 is 0 Å². The molecule has 3 aromatic rings. The number of rotatable bonds is 4. The summed E-state index contributed by atoms with van der Waals surface area (Å²) in [5.41, 5.74) is 0.614. The summed E-state index contributed by atoms with van der Waals surface area (Å²) < 4.78 is 11.4. The molecule has 1 aliphatic heterocycles. The maximum absolute atomic E-state index is 12.5. The van der Waals surface area contributed by atoms with Crippen molar-refractivity contribution in [3.63, 3.8) is 0 Å². The van der Waals surface area contributed by atoms with E-state index in [1.807, 2.05) is 37.4 Å². The van der Waals surface area contributed by atoms with Crippen molar-refractivity contribution in [2.45, 2.75) is 0 Å². The number of carbonyl (C=O) groups is 1. The van der Waals surface area contributed by atoms with Gasteiger partial charge < -0.3 is 24.1 Å². The van der Waals surface area contributed by atoms with Crippen LogP contribution < -0.4 is 10.2 Å². The highest BCUT2D eigenvalue weighted by molar-refractivity contribution is 5.86. The van der Waals surface area contributed by atoms with Crippen molar-refractivity contribution in [3.05, 3.63) is 58.8 Å². The van der Waals surface area contributed by atoms with Crippen LogP contribution in [0.1, 0.15) is 0 Å². The lowest BCUT2D eigenvalue weighted by molar-refractivity contribution is -0.134. The summed E-state index contributed by atoms with van der Waals surface area (Å²) in [6, 6.07) is 13.4. The fourth-order valence-corrected chi connectivity index (χ4v) is 3.36. The number of benzene rings is 2. The maximum atomic E-state index is 12.5. The molecule has 0 unspecified atom stereocenters. The van der Waals surface area contributed by atoms with Gasteiger partial charge in [0.25, 0.3) is 5.91 Å². The Hall–Kier alpha value is -3.32. The molecule has 7 heteroatoms. The first-order chi connectivity index (χ1) is 14.0. The van der Waals surface area contributed by atoms with E-state index in [2.05, 4.69) is 4.90 Å². The van der Waals surface area contributed by atoms with Gasteiger partial charge in [-0.05, 0) is 7.05 Å². The Morgan fingerprint density at radius 2 is 1.83 bits per heavy atom. The average Bonchev–Trinajstić information content (AvgIpc) is 2.72. The molecule has 2 aromatic carbocycles. The van der Waals surface area contributed by atoms with Crippen molar-refractivity contribution in [2.24, 2.45) is 0 Å². The smallest absolute Gasteiger partial charge is 0.260 e. The van der Waals surface area contributed by atoms with E-state index in [0.29, 0.717) is 18.8 Å². The first-order valence-electron chi connectivity index (χ1n) is 9.46. The predicted octanol–water partition coefficient (Wildman–Crippen LogP) is 2.32. The molecule has 0 bridgehead atoms. The molecule has 1 amide bonds. The van der Waals surface area contributed by atoms with Crippen molar-refractivity contribution >= 4 is 16.9 Å². The number of aromatic hydroxyl groups is 1. The molecule has 4 rings (SSSR count). The quantitative estimate of drug-likeness (QED) is 0.731. The predicted molar refractivity (Wildman–Crippen MR) is 109 cm³/mol. The molecule has 1 aliphatic rings. The molecule has 0 radical (unpaired) electrons. The van der Waals surface area contributed by atoms with Gasteiger partial charge in [0.15, 0.2) is 12.0 Å². The zero-order valence-corrected chi connectivity index (χ0v) is 16.1. The monoisotopic (exact) mass is 394 g/mol. The van der Waals surface area contributed by atoms with Crippen LogP contribution in [0.2, 0.25) is 0 Å². The third kappa shape index (κ3) is 4.09. The molecule has 1 saturated heterocycles. The average molecular weight is 394 g/mol. The summed E-state index contributed by atoms with van der Waals surface area (Å²) in [6.07, 6.45) is 0. The Morgan fingerprint density at radius 3 is 2.55 bits per heavy atom. The Morgan fingerprint density at radius 1 is 1.10 bits per heavy atom. The van der Waals surface area contributed by atoms with E-state index >= 15 is 0 Å². The van der Waals surface area contributed by atoms with Crippen LogP contribution in [0.15, 0.2) is 57.7 Å². The Kier molecular flexibility index (Phi) is 5.22. The first-order valence-corrected chi connectivity index (χ1v) is 9.46. The number of nitrogens with zero attached hydrogens (tertiary/aromatic N) is 2. The SMILES string of the molecule is CN1CCN(C(=O)COc2cc(O)c3c(=O)cc(-c4ccccc4)oc3c2)CC1. The maximum Gasteiger partial charge on any atom is 0.260 e. The summed E-state index contributed by atoms with van der Waals surface area (Å²) in [5, 5.41) is 10.4. The van der Waals surface area contributed by atoms with E-state index in [1.165, 1.54) is 18.2 Å². The van der Waals surface area contributed by atoms with E-state index in [1.54, 1.807) is 4.90 Å². The molecule has 0 atom stereocenters. The van der Waals surface area contributed by atoms with E-state index in [9.17, 15) is 14.7 Å². The van der Waals surface area contributed by atoms with E-state index in [0.717, 1.165) is 18.7 Å². The number of piperazine rings is 1. The molecule has 0 aliphatic carbocycles. The van der Waals surface area contributed by atoms with Crippen molar-refractivity contribution in [1.82, 2.24) is 9.80 Å². The molecule has 150 valence electrons. The van der Waals surface area contributed by atoms with Crippen LogP contribution in [0, 0.1) is 0 Å². The molecule has 2 heterocycles. The second-order valence-electron chi connectivity index (χ2n) is 7.13. The summed E-state index contributed by atoms with van der Waals surface area (Å²) in [5.74, 6) is 0.314. The van der Waals surface area contributed by atoms with E-state index in [4.69, 9.17) is 9.15 Å². The number of phenols is 1. The molecule has 7 nitrogen and oxygen atoms in total. The highest BCUT2D eigenvalue weighted by Gasteiger charge is 2.20. The fourth-order valence-electron chi connectivity index (χ4n) is 3.36.